The first-order valence-corrected chi connectivity index (χ1v) is 6.67. The van der Waals surface area contributed by atoms with Crippen molar-refractivity contribution in [3.8, 4) is 5.69 Å². The van der Waals surface area contributed by atoms with Crippen LogP contribution in [0.3, 0.4) is 0 Å². The first-order chi connectivity index (χ1) is 10.7. The molecule has 3 rings (SSSR count). The fourth-order valence-corrected chi connectivity index (χ4v) is 1.96. The highest BCUT2D eigenvalue weighted by molar-refractivity contribution is 5.90. The molecule has 7 heteroatoms. The van der Waals surface area contributed by atoms with Gasteiger partial charge in [-0.15, -0.1) is 0 Å². The monoisotopic (exact) mass is 295 g/mol. The summed E-state index contributed by atoms with van der Waals surface area (Å²) in [7, 11) is 0. The number of amides is 1. The van der Waals surface area contributed by atoms with Gasteiger partial charge in [-0.05, 0) is 34.7 Å². The highest BCUT2D eigenvalue weighted by Gasteiger charge is 2.12. The number of rotatable bonds is 4. The molecule has 3 aromatic rings. The summed E-state index contributed by atoms with van der Waals surface area (Å²) in [6.45, 7) is -0.194. The van der Waals surface area contributed by atoms with E-state index in [1.165, 1.54) is 0 Å². The molecule has 0 radical (unpaired) electrons. The predicted molar refractivity (Wildman–Crippen MR) is 80.7 cm³/mol. The lowest BCUT2D eigenvalue weighted by molar-refractivity contribution is -0.117. The van der Waals surface area contributed by atoms with Gasteiger partial charge in [0.05, 0.1) is 5.69 Å². The van der Waals surface area contributed by atoms with Crippen molar-refractivity contribution in [1.82, 2.24) is 19.8 Å². The van der Waals surface area contributed by atoms with Crippen molar-refractivity contribution in [2.75, 3.05) is 5.32 Å². The number of benzene rings is 2. The molecule has 0 spiro atoms. The summed E-state index contributed by atoms with van der Waals surface area (Å²) in [4.78, 5) is 24.1. The van der Waals surface area contributed by atoms with Crippen molar-refractivity contribution in [3.63, 3.8) is 0 Å². The second kappa shape index (κ2) is 6.04. The Balaban J connectivity index is 1.75. The van der Waals surface area contributed by atoms with Crippen molar-refractivity contribution in [2.24, 2.45) is 0 Å². The van der Waals surface area contributed by atoms with Crippen molar-refractivity contribution in [3.05, 3.63) is 71.1 Å². The number of aromatic nitrogens is 4. The van der Waals surface area contributed by atoms with Crippen LogP contribution in [-0.2, 0) is 11.3 Å². The van der Waals surface area contributed by atoms with Gasteiger partial charge in [-0.3, -0.25) is 4.79 Å². The van der Waals surface area contributed by atoms with Crippen LogP contribution >= 0.6 is 0 Å². The van der Waals surface area contributed by atoms with Crippen LogP contribution in [0.15, 0.2) is 65.5 Å². The van der Waals surface area contributed by atoms with Gasteiger partial charge in [0.2, 0.25) is 5.91 Å². The molecule has 1 heterocycles. The SMILES string of the molecule is O=C(Cn1nnn(-c2ccccc2)c1=O)Nc1ccccc1. The number of carbonyl (C=O) groups is 1. The van der Waals surface area contributed by atoms with E-state index in [9.17, 15) is 9.59 Å². The maximum absolute atomic E-state index is 12.2. The standard InChI is InChI=1S/C15H13N5O2/c21-14(16-12-7-3-1-4-8-12)11-19-15(22)20(18-17-19)13-9-5-2-6-10-13/h1-10H,11H2,(H,16,21). The molecule has 0 aliphatic carbocycles. The molecular weight excluding hydrogens is 282 g/mol. The highest BCUT2D eigenvalue weighted by atomic mass is 16.2. The summed E-state index contributed by atoms with van der Waals surface area (Å²) >= 11 is 0. The summed E-state index contributed by atoms with van der Waals surface area (Å²) < 4.78 is 2.17. The molecule has 0 fully saturated rings. The summed E-state index contributed by atoms with van der Waals surface area (Å²) in [6, 6.07) is 17.9. The van der Waals surface area contributed by atoms with E-state index < -0.39 is 5.69 Å². The van der Waals surface area contributed by atoms with Gasteiger partial charge in [-0.1, -0.05) is 36.4 Å². The molecule has 110 valence electrons. The second-order valence-electron chi connectivity index (χ2n) is 4.58. The molecule has 22 heavy (non-hydrogen) atoms. The number of hydrogen-bond acceptors (Lipinski definition) is 4. The van der Waals surface area contributed by atoms with E-state index in [-0.39, 0.29) is 12.5 Å². The zero-order valence-corrected chi connectivity index (χ0v) is 11.6. The smallest absolute Gasteiger partial charge is 0.324 e. The molecule has 2 aromatic carbocycles. The molecule has 0 aliphatic heterocycles. The van der Waals surface area contributed by atoms with Gasteiger partial charge < -0.3 is 5.32 Å². The summed E-state index contributed by atoms with van der Waals surface area (Å²) in [6.07, 6.45) is 0. The molecular formula is C15H13N5O2. The predicted octanol–water partition coefficient (Wildman–Crippen LogP) is 1.07. The molecule has 1 aromatic heterocycles. The van der Waals surface area contributed by atoms with E-state index in [1.54, 1.807) is 36.4 Å². The Morgan fingerprint density at radius 3 is 2.27 bits per heavy atom. The Hall–Kier alpha value is -3.22. The number of tetrazole rings is 1. The van der Waals surface area contributed by atoms with E-state index in [4.69, 9.17) is 0 Å². The van der Waals surface area contributed by atoms with Crippen molar-refractivity contribution in [2.45, 2.75) is 6.54 Å². The first kappa shape index (κ1) is 13.7. The highest BCUT2D eigenvalue weighted by Crippen LogP contribution is 2.05. The van der Waals surface area contributed by atoms with Gasteiger partial charge in [0.15, 0.2) is 0 Å². The van der Waals surface area contributed by atoms with Crippen LogP contribution in [0, 0.1) is 0 Å². The molecule has 1 amide bonds. The minimum absolute atomic E-state index is 0.194. The lowest BCUT2D eigenvalue weighted by atomic mass is 10.3. The average Bonchev–Trinajstić information content (AvgIpc) is 2.90. The summed E-state index contributed by atoms with van der Waals surface area (Å²) in [5.41, 5.74) is 0.799. The zero-order valence-electron chi connectivity index (χ0n) is 11.6. The molecule has 1 N–H and O–H groups in total. The molecule has 0 unspecified atom stereocenters. The maximum atomic E-state index is 12.2. The molecule has 0 bridgehead atoms. The molecule has 0 aliphatic rings. The third kappa shape index (κ3) is 2.93. The molecule has 0 atom stereocenters. The van der Waals surface area contributed by atoms with E-state index in [0.717, 1.165) is 9.36 Å². The van der Waals surface area contributed by atoms with Crippen LogP contribution in [0.4, 0.5) is 5.69 Å². The quantitative estimate of drug-likeness (QED) is 0.780. The molecule has 0 saturated heterocycles. The number of para-hydroxylation sites is 2. The largest absolute Gasteiger partial charge is 0.368 e. The van der Waals surface area contributed by atoms with Gasteiger partial charge in [-0.25, -0.2) is 4.79 Å². The van der Waals surface area contributed by atoms with Crippen molar-refractivity contribution >= 4 is 11.6 Å². The fraction of sp³-hybridized carbons (Fsp3) is 0.0667. The second-order valence-corrected chi connectivity index (χ2v) is 4.58. The van der Waals surface area contributed by atoms with Gasteiger partial charge in [0.1, 0.15) is 6.54 Å². The molecule has 7 nitrogen and oxygen atoms in total. The summed E-state index contributed by atoms with van der Waals surface area (Å²) in [5.74, 6) is -0.339. The minimum Gasteiger partial charge on any atom is -0.324 e. The van der Waals surface area contributed by atoms with Gasteiger partial charge in [0, 0.05) is 5.69 Å². The maximum Gasteiger partial charge on any atom is 0.368 e. The third-order valence-electron chi connectivity index (χ3n) is 2.99. The summed E-state index contributed by atoms with van der Waals surface area (Å²) in [5, 5.41) is 10.2. The van der Waals surface area contributed by atoms with E-state index in [1.807, 2.05) is 24.3 Å². The number of carbonyl (C=O) groups excluding carboxylic acids is 1. The lowest BCUT2D eigenvalue weighted by Crippen LogP contribution is -2.29. The van der Waals surface area contributed by atoms with E-state index >= 15 is 0 Å². The van der Waals surface area contributed by atoms with Crippen LogP contribution in [0.1, 0.15) is 0 Å². The van der Waals surface area contributed by atoms with Crippen LogP contribution in [0.25, 0.3) is 5.69 Å². The fourth-order valence-electron chi connectivity index (χ4n) is 1.96. The van der Waals surface area contributed by atoms with Crippen LogP contribution in [0.2, 0.25) is 0 Å². The Bertz CT molecular complexity index is 824. The Morgan fingerprint density at radius 2 is 1.59 bits per heavy atom. The van der Waals surface area contributed by atoms with Gasteiger partial charge in [-0.2, -0.15) is 9.36 Å². The number of nitrogens with one attached hydrogen (secondary N) is 1. The van der Waals surface area contributed by atoms with Crippen molar-refractivity contribution in [1.29, 1.82) is 0 Å². The van der Waals surface area contributed by atoms with Crippen molar-refractivity contribution < 1.29 is 4.79 Å². The first-order valence-electron chi connectivity index (χ1n) is 6.67. The normalized spacial score (nSPS) is 10.4. The van der Waals surface area contributed by atoms with Gasteiger partial charge >= 0.3 is 5.69 Å². The number of anilines is 1. The van der Waals surface area contributed by atoms with Gasteiger partial charge in [0.25, 0.3) is 0 Å². The lowest BCUT2D eigenvalue weighted by Gasteiger charge is -2.03. The average molecular weight is 295 g/mol. The minimum atomic E-state index is -0.464. The Morgan fingerprint density at radius 1 is 0.955 bits per heavy atom. The van der Waals surface area contributed by atoms with Crippen LogP contribution in [-0.4, -0.2) is 25.7 Å². The van der Waals surface area contributed by atoms with Crippen LogP contribution < -0.4 is 11.0 Å². The molecule has 0 saturated carbocycles. The van der Waals surface area contributed by atoms with E-state index in [0.29, 0.717) is 11.4 Å². The zero-order chi connectivity index (χ0) is 15.4. The topological polar surface area (TPSA) is 81.8 Å². The number of hydrogen-bond donors (Lipinski definition) is 1. The Labute approximate surface area is 125 Å². The Kier molecular flexibility index (Phi) is 3.78. The van der Waals surface area contributed by atoms with E-state index in [2.05, 4.69) is 15.7 Å². The number of nitrogens with zero attached hydrogens (tertiary/aromatic N) is 4. The third-order valence-corrected chi connectivity index (χ3v) is 2.99. The van der Waals surface area contributed by atoms with Crippen LogP contribution in [0.5, 0.6) is 0 Å².